The van der Waals surface area contributed by atoms with Gasteiger partial charge in [0.1, 0.15) is 5.75 Å². The van der Waals surface area contributed by atoms with Gasteiger partial charge < -0.3 is 10.1 Å². The highest BCUT2D eigenvalue weighted by molar-refractivity contribution is 7.89. The fraction of sp³-hybridized carbons (Fsp3) is 0.263. The summed E-state index contributed by atoms with van der Waals surface area (Å²) in [5, 5.41) is 7.57. The van der Waals surface area contributed by atoms with E-state index in [1.807, 2.05) is 31.2 Å². The first-order valence-corrected chi connectivity index (χ1v) is 10.6. The number of anilines is 1. The van der Waals surface area contributed by atoms with Crippen LogP contribution < -0.4 is 20.2 Å². The van der Waals surface area contributed by atoms with Crippen molar-refractivity contribution in [3.8, 4) is 5.75 Å². The Bertz CT molecular complexity index is 942. The topological polar surface area (TPSA) is 91.8 Å². The monoisotopic (exact) mass is 420 g/mol. The summed E-state index contributed by atoms with van der Waals surface area (Å²) in [6.07, 6.45) is 0.734. The Morgan fingerprint density at radius 3 is 2.46 bits per heavy atom. The minimum absolute atomic E-state index is 0.221. The number of methoxy groups -OCH3 is 1. The molecule has 150 valence electrons. The van der Waals surface area contributed by atoms with E-state index in [0.717, 1.165) is 17.7 Å². The maximum atomic E-state index is 12.1. The number of hydrazone groups is 1. The number of nitrogens with zero attached hydrogens (tertiary/aromatic N) is 1. The van der Waals surface area contributed by atoms with Crippen LogP contribution in [0.2, 0.25) is 0 Å². The van der Waals surface area contributed by atoms with Gasteiger partial charge in [-0.25, -0.2) is 13.1 Å². The number of rotatable bonds is 8. The summed E-state index contributed by atoms with van der Waals surface area (Å²) in [7, 11) is -1.90. The second kappa shape index (κ2) is 10.2. The van der Waals surface area contributed by atoms with E-state index in [-0.39, 0.29) is 4.90 Å². The molecule has 0 unspecified atom stereocenters. The average molecular weight is 421 g/mol. The van der Waals surface area contributed by atoms with E-state index in [9.17, 15) is 8.42 Å². The molecule has 0 aliphatic rings. The van der Waals surface area contributed by atoms with Crippen molar-refractivity contribution in [2.75, 3.05) is 19.0 Å². The van der Waals surface area contributed by atoms with E-state index in [1.54, 1.807) is 38.3 Å². The van der Waals surface area contributed by atoms with Gasteiger partial charge in [0, 0.05) is 6.54 Å². The van der Waals surface area contributed by atoms with Crippen molar-refractivity contribution >= 4 is 38.8 Å². The fourth-order valence-electron chi connectivity index (χ4n) is 2.29. The Labute approximate surface area is 171 Å². The Morgan fingerprint density at radius 1 is 1.14 bits per heavy atom. The largest absolute Gasteiger partial charge is 0.495 e. The highest BCUT2D eigenvalue weighted by atomic mass is 32.2. The quantitative estimate of drug-likeness (QED) is 0.345. The summed E-state index contributed by atoms with van der Waals surface area (Å²) in [6, 6.07) is 13.9. The molecule has 0 aliphatic carbocycles. The molecule has 0 saturated carbocycles. The summed E-state index contributed by atoms with van der Waals surface area (Å²) >= 11 is 5.25. The van der Waals surface area contributed by atoms with Crippen molar-refractivity contribution in [1.82, 2.24) is 10.1 Å². The molecule has 0 bridgehead atoms. The number of hydrogen-bond donors (Lipinski definition) is 3. The summed E-state index contributed by atoms with van der Waals surface area (Å²) < 4.78 is 32.1. The van der Waals surface area contributed by atoms with Crippen LogP contribution in [-0.4, -0.2) is 32.9 Å². The van der Waals surface area contributed by atoms with Gasteiger partial charge >= 0.3 is 0 Å². The normalized spacial score (nSPS) is 11.8. The zero-order valence-electron chi connectivity index (χ0n) is 16.0. The third kappa shape index (κ3) is 6.01. The molecule has 2 aromatic carbocycles. The van der Waals surface area contributed by atoms with Crippen LogP contribution in [0.3, 0.4) is 0 Å². The number of thiocarbonyl (C=S) groups is 1. The molecule has 0 amide bonds. The van der Waals surface area contributed by atoms with Gasteiger partial charge in [-0.3, -0.25) is 5.43 Å². The van der Waals surface area contributed by atoms with E-state index in [2.05, 4.69) is 20.6 Å². The van der Waals surface area contributed by atoms with E-state index < -0.39 is 10.0 Å². The smallest absolute Gasteiger partial charge is 0.240 e. The van der Waals surface area contributed by atoms with Crippen molar-refractivity contribution in [1.29, 1.82) is 0 Å². The van der Waals surface area contributed by atoms with Crippen molar-refractivity contribution < 1.29 is 13.2 Å². The van der Waals surface area contributed by atoms with Crippen LogP contribution in [0.1, 0.15) is 25.8 Å². The molecule has 0 fully saturated rings. The number of hydrogen-bond acceptors (Lipinski definition) is 5. The van der Waals surface area contributed by atoms with Crippen molar-refractivity contribution in [3.05, 3.63) is 54.1 Å². The summed E-state index contributed by atoms with van der Waals surface area (Å²) in [5.74, 6) is 0.667. The van der Waals surface area contributed by atoms with Crippen LogP contribution >= 0.6 is 12.2 Å². The second-order valence-corrected chi connectivity index (χ2v) is 8.06. The van der Waals surface area contributed by atoms with Gasteiger partial charge in [-0.15, -0.1) is 0 Å². The van der Waals surface area contributed by atoms with E-state index in [0.29, 0.717) is 23.1 Å². The lowest BCUT2D eigenvalue weighted by molar-refractivity contribution is 0.417. The third-order valence-corrected chi connectivity index (χ3v) is 5.48. The van der Waals surface area contributed by atoms with Gasteiger partial charge in [0.25, 0.3) is 0 Å². The first kappa shape index (κ1) is 21.8. The Hall–Kier alpha value is -2.49. The molecular formula is C19H24N4O3S2. The van der Waals surface area contributed by atoms with Crippen molar-refractivity contribution in [3.63, 3.8) is 0 Å². The summed E-state index contributed by atoms with van der Waals surface area (Å²) in [5.41, 5.74) is 4.94. The zero-order valence-corrected chi connectivity index (χ0v) is 17.7. The van der Waals surface area contributed by atoms with Crippen LogP contribution in [0.4, 0.5) is 5.69 Å². The van der Waals surface area contributed by atoms with Gasteiger partial charge in [-0.2, -0.15) is 5.10 Å². The molecule has 0 spiro atoms. The molecule has 28 heavy (non-hydrogen) atoms. The van der Waals surface area contributed by atoms with Crippen LogP contribution in [0.25, 0.3) is 0 Å². The molecule has 3 N–H and O–H groups in total. The lowest BCUT2D eigenvalue weighted by Crippen LogP contribution is -2.25. The highest BCUT2D eigenvalue weighted by Gasteiger charge is 2.13. The van der Waals surface area contributed by atoms with Crippen LogP contribution in [-0.2, 0) is 10.0 Å². The summed E-state index contributed by atoms with van der Waals surface area (Å²) in [4.78, 5) is 0.221. The average Bonchev–Trinajstić information content (AvgIpc) is 2.71. The van der Waals surface area contributed by atoms with Gasteiger partial charge in [-0.1, -0.05) is 31.2 Å². The molecule has 0 aromatic heterocycles. The fourth-order valence-corrected chi connectivity index (χ4v) is 3.58. The Kier molecular flexibility index (Phi) is 7.91. The van der Waals surface area contributed by atoms with Crippen LogP contribution in [0, 0.1) is 0 Å². The summed E-state index contributed by atoms with van der Waals surface area (Å²) in [6.45, 7) is 4.12. The molecule has 0 atom stereocenters. The lowest BCUT2D eigenvalue weighted by Gasteiger charge is -2.11. The molecule has 9 heteroatoms. The molecule has 7 nitrogen and oxygen atoms in total. The number of nitrogens with one attached hydrogen (secondary N) is 3. The maximum absolute atomic E-state index is 12.1. The number of ether oxygens (including phenoxy) is 1. The van der Waals surface area contributed by atoms with Crippen LogP contribution in [0.15, 0.2) is 58.5 Å². The van der Waals surface area contributed by atoms with Gasteiger partial charge in [0.05, 0.1) is 23.4 Å². The molecule has 0 heterocycles. The minimum atomic E-state index is -3.48. The third-order valence-electron chi connectivity index (χ3n) is 3.80. The zero-order chi connectivity index (χ0) is 20.6. The number of para-hydroxylation sites is 2. The van der Waals surface area contributed by atoms with Gasteiger partial charge in [-0.05, 0) is 55.4 Å². The molecular weight excluding hydrogens is 396 g/mol. The number of benzene rings is 2. The predicted octanol–water partition coefficient (Wildman–Crippen LogP) is 3.09. The van der Waals surface area contributed by atoms with E-state index in [4.69, 9.17) is 17.0 Å². The first-order chi connectivity index (χ1) is 13.4. The maximum Gasteiger partial charge on any atom is 0.240 e. The Morgan fingerprint density at radius 2 is 1.82 bits per heavy atom. The molecule has 0 saturated heterocycles. The Balaban J connectivity index is 2.02. The molecule has 0 radical (unpaired) electrons. The van der Waals surface area contributed by atoms with Crippen LogP contribution in [0.5, 0.6) is 5.75 Å². The van der Waals surface area contributed by atoms with Crippen molar-refractivity contribution in [2.24, 2.45) is 5.10 Å². The standard InChI is InChI=1S/C19H24N4O3S2/c1-4-13-20-28(24,25)16-11-9-15(10-12-16)14(2)22-23-19(27)21-17-7-5-6-8-18(17)26-3/h5-12,20H,4,13H2,1-3H3,(H2,21,23,27)/b22-14-. The SMILES string of the molecule is CCCNS(=O)(=O)c1ccc(/C(C)=N\NC(=S)Nc2ccccc2OC)cc1. The van der Waals surface area contributed by atoms with Gasteiger partial charge in [0.2, 0.25) is 10.0 Å². The molecule has 2 rings (SSSR count). The lowest BCUT2D eigenvalue weighted by atomic mass is 10.1. The first-order valence-electron chi connectivity index (χ1n) is 8.71. The van der Waals surface area contributed by atoms with E-state index in [1.165, 1.54) is 0 Å². The second-order valence-electron chi connectivity index (χ2n) is 5.89. The molecule has 2 aromatic rings. The van der Waals surface area contributed by atoms with E-state index >= 15 is 0 Å². The predicted molar refractivity (Wildman–Crippen MR) is 116 cm³/mol. The molecule has 0 aliphatic heterocycles. The minimum Gasteiger partial charge on any atom is -0.495 e. The highest BCUT2D eigenvalue weighted by Crippen LogP contribution is 2.22. The number of sulfonamides is 1. The van der Waals surface area contributed by atoms with Crippen molar-refractivity contribution in [2.45, 2.75) is 25.2 Å². The van der Waals surface area contributed by atoms with Gasteiger partial charge in [0.15, 0.2) is 5.11 Å².